The lowest BCUT2D eigenvalue weighted by molar-refractivity contribution is -0.143. The highest BCUT2D eigenvalue weighted by atomic mass is 35.5. The second-order valence-electron chi connectivity index (χ2n) is 10.5. The van der Waals surface area contributed by atoms with Gasteiger partial charge in [0.05, 0.1) is 25.1 Å². The van der Waals surface area contributed by atoms with E-state index in [2.05, 4.69) is 5.32 Å². The average molecular weight is 615 g/mol. The Morgan fingerprint density at radius 2 is 1.65 bits per heavy atom. The number of likely N-dealkylation sites (tertiary alicyclic amines) is 1. The maximum atomic E-state index is 15.6. The molecule has 0 saturated carbocycles. The van der Waals surface area contributed by atoms with Crippen LogP contribution in [0.3, 0.4) is 0 Å². The van der Waals surface area contributed by atoms with E-state index in [9.17, 15) is 14.7 Å². The van der Waals surface area contributed by atoms with Gasteiger partial charge in [0, 0.05) is 40.9 Å². The van der Waals surface area contributed by atoms with Gasteiger partial charge in [0.2, 0.25) is 12.7 Å². The Morgan fingerprint density at radius 3 is 2.26 bits per heavy atom. The highest BCUT2D eigenvalue weighted by Crippen LogP contribution is 2.49. The fourth-order valence-corrected chi connectivity index (χ4v) is 6.37. The molecule has 43 heavy (non-hydrogen) atoms. The van der Waals surface area contributed by atoms with Gasteiger partial charge in [-0.15, -0.1) is 0 Å². The zero-order valence-corrected chi connectivity index (χ0v) is 24.8. The van der Waals surface area contributed by atoms with Crippen molar-refractivity contribution in [3.8, 4) is 17.2 Å². The Kier molecular flexibility index (Phi) is 9.08. The number of benzene rings is 3. The van der Waals surface area contributed by atoms with Gasteiger partial charge in [-0.3, -0.25) is 14.5 Å². The molecule has 8 nitrogen and oxygen atoms in total. The summed E-state index contributed by atoms with van der Waals surface area (Å²) in [5.41, 5.74) is 2.53. The first-order valence-electron chi connectivity index (χ1n) is 14.2. The van der Waals surface area contributed by atoms with Crippen molar-refractivity contribution < 1.29 is 37.7 Å². The summed E-state index contributed by atoms with van der Waals surface area (Å²) >= 11 is 6.29. The van der Waals surface area contributed by atoms with Gasteiger partial charge in [-0.05, 0) is 60.7 Å². The first-order valence-corrected chi connectivity index (χ1v) is 14.6. The number of carbonyl (C=O) groups is 2. The van der Waals surface area contributed by atoms with Crippen LogP contribution in [0.2, 0.25) is 5.02 Å². The van der Waals surface area contributed by atoms with E-state index in [1.165, 1.54) is 18.2 Å². The van der Waals surface area contributed by atoms with Crippen molar-refractivity contribution in [1.29, 1.82) is 0 Å². The molecule has 0 aliphatic carbocycles. The quantitative estimate of drug-likeness (QED) is 0.275. The number of rotatable bonds is 10. The minimum atomic E-state index is -1.29. The Bertz CT molecular complexity index is 1530. The zero-order valence-electron chi connectivity index (χ0n) is 24.1. The molecular weight excluding hydrogens is 582 g/mol. The van der Waals surface area contributed by atoms with Crippen molar-refractivity contribution in [2.75, 3.05) is 31.8 Å². The Labute approximate surface area is 253 Å². The van der Waals surface area contributed by atoms with Crippen LogP contribution in [0.15, 0.2) is 42.5 Å². The molecule has 11 heteroatoms. The standard InChI is InChI=1S/C32H33ClF2N2O6/c1-4-17-9-19(33)10-18(5-2)30(17)36-28(38)15-37-14-23(22-12-26-27(13-25(22)35)43-16-42-26)29(32(39)40)31(37)21-8-7-20(41-6-3)11-24(21)34/h7-13,23,29,31H,4-6,14-16H2,1-3H3,(H,36,38)(H,39,40)/t23-,29?,31+/m1/s1. The van der Waals surface area contributed by atoms with E-state index in [1.54, 1.807) is 30.0 Å². The van der Waals surface area contributed by atoms with Crippen LogP contribution in [0, 0.1) is 17.6 Å². The summed E-state index contributed by atoms with van der Waals surface area (Å²) in [5.74, 6) is -4.43. The van der Waals surface area contributed by atoms with Crippen LogP contribution in [0.1, 0.15) is 55.0 Å². The molecule has 0 aromatic heterocycles. The summed E-state index contributed by atoms with van der Waals surface area (Å²) in [7, 11) is 0. The minimum Gasteiger partial charge on any atom is -0.494 e. The van der Waals surface area contributed by atoms with Crippen LogP contribution >= 0.6 is 11.6 Å². The number of ether oxygens (including phenoxy) is 3. The van der Waals surface area contributed by atoms with Crippen molar-refractivity contribution in [3.63, 3.8) is 0 Å². The first-order chi connectivity index (χ1) is 20.6. The molecule has 0 bridgehead atoms. The molecule has 2 N–H and O–H groups in total. The number of nitrogens with zero attached hydrogens (tertiary/aromatic N) is 1. The number of carbonyl (C=O) groups excluding carboxylic acids is 1. The predicted molar refractivity (Wildman–Crippen MR) is 157 cm³/mol. The van der Waals surface area contributed by atoms with Crippen molar-refractivity contribution in [2.24, 2.45) is 5.92 Å². The number of carboxylic acids is 1. The largest absolute Gasteiger partial charge is 0.494 e. The van der Waals surface area contributed by atoms with Crippen molar-refractivity contribution in [1.82, 2.24) is 4.90 Å². The summed E-state index contributed by atoms with van der Waals surface area (Å²) in [6, 6.07) is 9.32. The van der Waals surface area contributed by atoms with Crippen molar-refractivity contribution in [2.45, 2.75) is 45.6 Å². The molecule has 5 rings (SSSR count). The third-order valence-electron chi connectivity index (χ3n) is 8.02. The van der Waals surface area contributed by atoms with Gasteiger partial charge < -0.3 is 24.6 Å². The second kappa shape index (κ2) is 12.8. The first kappa shape index (κ1) is 30.6. The Balaban J connectivity index is 1.54. The fraction of sp³-hybridized carbons (Fsp3) is 0.375. The van der Waals surface area contributed by atoms with Crippen LogP contribution in [0.4, 0.5) is 14.5 Å². The molecule has 1 amide bonds. The fourth-order valence-electron chi connectivity index (χ4n) is 6.11. The summed E-state index contributed by atoms with van der Waals surface area (Å²) in [4.78, 5) is 28.0. The van der Waals surface area contributed by atoms with Crippen LogP contribution in [-0.2, 0) is 22.4 Å². The number of anilines is 1. The Morgan fingerprint density at radius 1 is 1.00 bits per heavy atom. The maximum absolute atomic E-state index is 15.6. The lowest BCUT2D eigenvalue weighted by atomic mass is 9.82. The van der Waals surface area contributed by atoms with Gasteiger partial charge in [0.15, 0.2) is 11.5 Å². The van der Waals surface area contributed by atoms with E-state index in [1.807, 2.05) is 13.8 Å². The van der Waals surface area contributed by atoms with E-state index in [0.717, 1.165) is 17.2 Å². The van der Waals surface area contributed by atoms with E-state index >= 15 is 8.78 Å². The van der Waals surface area contributed by atoms with E-state index in [0.29, 0.717) is 41.7 Å². The van der Waals surface area contributed by atoms with Gasteiger partial charge in [-0.25, -0.2) is 8.78 Å². The summed E-state index contributed by atoms with van der Waals surface area (Å²) in [6.45, 7) is 5.62. The smallest absolute Gasteiger partial charge is 0.309 e. The molecule has 3 aromatic carbocycles. The van der Waals surface area contributed by atoms with Crippen molar-refractivity contribution in [3.05, 3.63) is 81.4 Å². The predicted octanol–water partition coefficient (Wildman–Crippen LogP) is 6.35. The highest BCUT2D eigenvalue weighted by molar-refractivity contribution is 6.30. The molecule has 3 aromatic rings. The summed E-state index contributed by atoms with van der Waals surface area (Å²) in [5, 5.41) is 14.0. The number of hydrogen-bond acceptors (Lipinski definition) is 6. The van der Waals surface area contributed by atoms with Crippen LogP contribution in [0.5, 0.6) is 17.2 Å². The number of hydrogen-bond donors (Lipinski definition) is 2. The molecule has 2 aliphatic heterocycles. The molecule has 1 unspecified atom stereocenters. The number of amides is 1. The zero-order chi connectivity index (χ0) is 30.8. The van der Waals surface area contributed by atoms with E-state index in [4.69, 9.17) is 25.8 Å². The summed E-state index contributed by atoms with van der Waals surface area (Å²) < 4.78 is 47.2. The SMILES string of the molecule is CCOc1ccc([C@H]2C(C(=O)O)[C@@H](c3cc4c(cc3F)OCO4)CN2CC(=O)Nc2c(CC)cc(Cl)cc2CC)c(F)c1. The number of carboxylic acid groups (broad SMARTS) is 1. The number of fused-ring (bicyclic) bond motifs is 1. The molecule has 0 spiro atoms. The normalized spacial score (nSPS) is 19.4. The number of halogens is 3. The highest BCUT2D eigenvalue weighted by Gasteiger charge is 2.49. The third-order valence-corrected chi connectivity index (χ3v) is 8.23. The summed E-state index contributed by atoms with van der Waals surface area (Å²) in [6.07, 6.45) is 1.25. The molecule has 0 radical (unpaired) electrons. The van der Waals surface area contributed by atoms with Gasteiger partial charge in [0.1, 0.15) is 17.4 Å². The third kappa shape index (κ3) is 6.12. The molecule has 1 fully saturated rings. The molecule has 1 saturated heterocycles. The topological polar surface area (TPSA) is 97.3 Å². The average Bonchev–Trinajstić information content (AvgIpc) is 3.57. The van der Waals surface area contributed by atoms with Crippen LogP contribution in [-0.4, -0.2) is 48.4 Å². The minimum absolute atomic E-state index is 0.0276. The van der Waals surface area contributed by atoms with Crippen LogP contribution < -0.4 is 19.5 Å². The van der Waals surface area contributed by atoms with E-state index in [-0.39, 0.29) is 36.8 Å². The van der Waals surface area contributed by atoms with E-state index < -0.39 is 41.4 Å². The molecular formula is C32H33ClF2N2O6. The van der Waals surface area contributed by atoms with Gasteiger partial charge in [-0.1, -0.05) is 31.5 Å². The molecule has 2 heterocycles. The maximum Gasteiger partial charge on any atom is 0.309 e. The lowest BCUT2D eigenvalue weighted by Gasteiger charge is -2.27. The Hall–Kier alpha value is -3.89. The van der Waals surface area contributed by atoms with Gasteiger partial charge in [0.25, 0.3) is 0 Å². The van der Waals surface area contributed by atoms with Crippen molar-refractivity contribution >= 4 is 29.2 Å². The second-order valence-corrected chi connectivity index (χ2v) is 11.0. The molecule has 3 atom stereocenters. The monoisotopic (exact) mass is 614 g/mol. The van der Waals surface area contributed by atoms with Gasteiger partial charge in [-0.2, -0.15) is 0 Å². The number of aryl methyl sites for hydroxylation is 2. The molecule has 2 aliphatic rings. The van der Waals surface area contributed by atoms with Gasteiger partial charge >= 0.3 is 5.97 Å². The number of nitrogens with one attached hydrogen (secondary N) is 1. The number of aliphatic carboxylic acids is 1. The lowest BCUT2D eigenvalue weighted by Crippen LogP contribution is -2.36. The molecule has 228 valence electrons. The van der Waals surface area contributed by atoms with Crippen LogP contribution in [0.25, 0.3) is 0 Å².